The minimum atomic E-state index is -0.527. The van der Waals surface area contributed by atoms with Crippen molar-refractivity contribution in [1.29, 1.82) is 0 Å². The standard InChI is InChI=1S/C17H15BrN2O2/c1-11-6-2-4-8-13(11)19-14-10-16(21)20(17(14)22)15-9-5-3-7-12(15)18/h2-9,14,19H,10H2,1H3/t14-/m1/s1. The number of imide groups is 1. The lowest BCUT2D eigenvalue weighted by atomic mass is 10.1. The lowest BCUT2D eigenvalue weighted by Crippen LogP contribution is -2.35. The number of hydrogen-bond donors (Lipinski definition) is 1. The number of amides is 2. The maximum Gasteiger partial charge on any atom is 0.256 e. The van der Waals surface area contributed by atoms with Gasteiger partial charge in [0, 0.05) is 10.2 Å². The van der Waals surface area contributed by atoms with Crippen LogP contribution in [0.1, 0.15) is 12.0 Å². The molecule has 0 unspecified atom stereocenters. The number of carbonyl (C=O) groups is 2. The Bertz CT molecular complexity index is 745. The Morgan fingerprint density at radius 1 is 1.09 bits per heavy atom. The van der Waals surface area contributed by atoms with E-state index in [9.17, 15) is 9.59 Å². The molecule has 1 heterocycles. The van der Waals surface area contributed by atoms with Gasteiger partial charge in [-0.2, -0.15) is 0 Å². The van der Waals surface area contributed by atoms with Crippen LogP contribution < -0.4 is 10.2 Å². The van der Waals surface area contributed by atoms with E-state index in [4.69, 9.17) is 0 Å². The van der Waals surface area contributed by atoms with E-state index < -0.39 is 6.04 Å². The average molecular weight is 359 g/mol. The van der Waals surface area contributed by atoms with Crippen molar-refractivity contribution in [2.75, 3.05) is 10.2 Å². The van der Waals surface area contributed by atoms with Crippen molar-refractivity contribution in [3.05, 3.63) is 58.6 Å². The number of anilines is 2. The van der Waals surface area contributed by atoms with Gasteiger partial charge in [0.2, 0.25) is 5.91 Å². The summed E-state index contributed by atoms with van der Waals surface area (Å²) < 4.78 is 0.730. The molecular weight excluding hydrogens is 344 g/mol. The van der Waals surface area contributed by atoms with Crippen LogP contribution in [0.3, 0.4) is 0 Å². The fourth-order valence-corrected chi connectivity index (χ4v) is 3.02. The zero-order valence-electron chi connectivity index (χ0n) is 12.0. The molecular formula is C17H15BrN2O2. The summed E-state index contributed by atoms with van der Waals surface area (Å²) in [4.78, 5) is 26.1. The predicted molar refractivity (Wildman–Crippen MR) is 89.8 cm³/mol. The molecule has 2 aromatic rings. The number of aryl methyl sites for hydroxylation is 1. The molecule has 0 aliphatic carbocycles. The zero-order chi connectivity index (χ0) is 15.7. The van der Waals surface area contributed by atoms with Crippen molar-refractivity contribution in [2.45, 2.75) is 19.4 Å². The van der Waals surface area contributed by atoms with Crippen LogP contribution in [-0.4, -0.2) is 17.9 Å². The molecule has 2 amide bonds. The number of hydrogen-bond acceptors (Lipinski definition) is 3. The van der Waals surface area contributed by atoms with Gasteiger partial charge in [-0.3, -0.25) is 9.59 Å². The van der Waals surface area contributed by atoms with E-state index in [1.54, 1.807) is 6.07 Å². The normalized spacial score (nSPS) is 17.9. The number of para-hydroxylation sites is 2. The molecule has 2 aromatic carbocycles. The minimum Gasteiger partial charge on any atom is -0.373 e. The molecule has 112 valence electrons. The van der Waals surface area contributed by atoms with Crippen molar-refractivity contribution in [3.63, 3.8) is 0 Å². The Labute approximate surface area is 137 Å². The highest BCUT2D eigenvalue weighted by Crippen LogP contribution is 2.31. The molecule has 22 heavy (non-hydrogen) atoms. The molecule has 1 saturated heterocycles. The lowest BCUT2D eigenvalue weighted by Gasteiger charge is -2.18. The maximum atomic E-state index is 12.6. The van der Waals surface area contributed by atoms with E-state index in [0.717, 1.165) is 15.7 Å². The van der Waals surface area contributed by atoms with Crippen molar-refractivity contribution < 1.29 is 9.59 Å². The topological polar surface area (TPSA) is 49.4 Å². The first kappa shape index (κ1) is 14.8. The number of carbonyl (C=O) groups excluding carboxylic acids is 2. The number of rotatable bonds is 3. The first-order chi connectivity index (χ1) is 10.6. The number of nitrogens with zero attached hydrogens (tertiary/aromatic N) is 1. The Morgan fingerprint density at radius 2 is 1.77 bits per heavy atom. The van der Waals surface area contributed by atoms with E-state index >= 15 is 0 Å². The molecule has 1 aliphatic heterocycles. The molecule has 0 bridgehead atoms. The zero-order valence-corrected chi connectivity index (χ0v) is 13.6. The monoisotopic (exact) mass is 358 g/mol. The largest absolute Gasteiger partial charge is 0.373 e. The van der Waals surface area contributed by atoms with Crippen molar-refractivity contribution in [3.8, 4) is 0 Å². The smallest absolute Gasteiger partial charge is 0.256 e. The summed E-state index contributed by atoms with van der Waals surface area (Å²) in [6.45, 7) is 1.97. The third kappa shape index (κ3) is 2.64. The van der Waals surface area contributed by atoms with Crippen LogP contribution in [0.25, 0.3) is 0 Å². The van der Waals surface area contributed by atoms with E-state index in [1.165, 1.54) is 4.90 Å². The molecule has 4 nitrogen and oxygen atoms in total. The molecule has 1 fully saturated rings. The first-order valence-electron chi connectivity index (χ1n) is 7.01. The Kier molecular flexibility index (Phi) is 3.98. The predicted octanol–water partition coefficient (Wildman–Crippen LogP) is 3.50. The molecule has 0 spiro atoms. The lowest BCUT2D eigenvalue weighted by molar-refractivity contribution is -0.121. The second kappa shape index (κ2) is 5.93. The van der Waals surface area contributed by atoms with Gasteiger partial charge in [0.1, 0.15) is 6.04 Å². The Balaban J connectivity index is 1.86. The van der Waals surface area contributed by atoms with E-state index in [1.807, 2.05) is 49.4 Å². The van der Waals surface area contributed by atoms with Crippen LogP contribution in [0, 0.1) is 6.92 Å². The summed E-state index contributed by atoms with van der Waals surface area (Å²) in [6, 6.07) is 14.4. The summed E-state index contributed by atoms with van der Waals surface area (Å²) >= 11 is 3.39. The van der Waals surface area contributed by atoms with Gasteiger partial charge in [0.05, 0.1) is 12.1 Å². The van der Waals surface area contributed by atoms with Gasteiger partial charge in [0.25, 0.3) is 5.91 Å². The highest BCUT2D eigenvalue weighted by atomic mass is 79.9. The summed E-state index contributed by atoms with van der Waals surface area (Å²) in [6.07, 6.45) is 0.161. The molecule has 0 aromatic heterocycles. The maximum absolute atomic E-state index is 12.6. The first-order valence-corrected chi connectivity index (χ1v) is 7.80. The van der Waals surface area contributed by atoms with Crippen LogP contribution in [-0.2, 0) is 9.59 Å². The molecule has 0 saturated carbocycles. The second-order valence-corrected chi connectivity index (χ2v) is 6.09. The van der Waals surface area contributed by atoms with Gasteiger partial charge in [-0.25, -0.2) is 4.90 Å². The third-order valence-electron chi connectivity index (χ3n) is 3.71. The van der Waals surface area contributed by atoms with Crippen molar-refractivity contribution >= 4 is 39.1 Å². The SMILES string of the molecule is Cc1ccccc1N[C@@H]1CC(=O)N(c2ccccc2Br)C1=O. The summed E-state index contributed by atoms with van der Waals surface area (Å²) in [7, 11) is 0. The van der Waals surface area contributed by atoms with Crippen molar-refractivity contribution in [2.24, 2.45) is 0 Å². The quantitative estimate of drug-likeness (QED) is 0.854. The number of nitrogens with one attached hydrogen (secondary N) is 1. The molecule has 5 heteroatoms. The molecule has 1 N–H and O–H groups in total. The minimum absolute atomic E-state index is 0.161. The highest BCUT2D eigenvalue weighted by molar-refractivity contribution is 9.10. The van der Waals surface area contributed by atoms with Crippen LogP contribution in [0.2, 0.25) is 0 Å². The van der Waals surface area contributed by atoms with Crippen LogP contribution in [0.5, 0.6) is 0 Å². The molecule has 0 radical (unpaired) electrons. The van der Waals surface area contributed by atoms with Gasteiger partial charge >= 0.3 is 0 Å². The molecule has 1 aliphatic rings. The van der Waals surface area contributed by atoms with Gasteiger partial charge in [-0.1, -0.05) is 30.3 Å². The van der Waals surface area contributed by atoms with Gasteiger partial charge < -0.3 is 5.32 Å². The van der Waals surface area contributed by atoms with Crippen molar-refractivity contribution in [1.82, 2.24) is 0 Å². The average Bonchev–Trinajstić information content (AvgIpc) is 2.77. The number of benzene rings is 2. The Hall–Kier alpha value is -2.14. The highest BCUT2D eigenvalue weighted by Gasteiger charge is 2.40. The summed E-state index contributed by atoms with van der Waals surface area (Å²) in [5, 5.41) is 3.18. The molecule has 3 rings (SSSR count). The third-order valence-corrected chi connectivity index (χ3v) is 4.39. The number of halogens is 1. The van der Waals surface area contributed by atoms with Gasteiger partial charge in [-0.05, 0) is 46.6 Å². The van der Waals surface area contributed by atoms with Crippen LogP contribution >= 0.6 is 15.9 Å². The van der Waals surface area contributed by atoms with Crippen LogP contribution in [0.15, 0.2) is 53.0 Å². The van der Waals surface area contributed by atoms with Crippen LogP contribution in [0.4, 0.5) is 11.4 Å². The fourth-order valence-electron chi connectivity index (χ4n) is 2.55. The van der Waals surface area contributed by atoms with Gasteiger partial charge in [-0.15, -0.1) is 0 Å². The fraction of sp³-hybridized carbons (Fsp3) is 0.176. The Morgan fingerprint density at radius 3 is 2.50 bits per heavy atom. The summed E-state index contributed by atoms with van der Waals surface area (Å²) in [5.74, 6) is -0.414. The van der Waals surface area contributed by atoms with E-state index in [0.29, 0.717) is 5.69 Å². The summed E-state index contributed by atoms with van der Waals surface area (Å²) in [5.41, 5.74) is 2.51. The molecule has 1 atom stereocenters. The second-order valence-electron chi connectivity index (χ2n) is 5.23. The van der Waals surface area contributed by atoms with E-state index in [-0.39, 0.29) is 18.2 Å². The van der Waals surface area contributed by atoms with Gasteiger partial charge in [0.15, 0.2) is 0 Å². The van der Waals surface area contributed by atoms with E-state index in [2.05, 4.69) is 21.2 Å².